The molecule has 2 aromatic rings. The standard InChI is InChI=1S/C24H21F6O6P/c1-34-12-10-16(35-2)19(17(11-12)36-3)20(31)15-8-5-9-22(15,37-33)21(32)18-13(23(25,26)27)6-4-7-14(18)24(28,29)30/h4,6-7,10-11,15H,5,8-9H2,1-3H3. The van der Waals surface area contributed by atoms with Crippen LogP contribution < -0.4 is 14.2 Å². The highest BCUT2D eigenvalue weighted by Gasteiger charge is 2.57. The number of rotatable bonds is 8. The SMILES string of the molecule is COc1cc(OC)c(C(=O)C2CCCC2(P=O)C(=O)c2c(C(F)(F)F)cccc2C(F)(F)F)c(OC)c1. The zero-order chi connectivity index (χ0) is 27.8. The van der Waals surface area contributed by atoms with Crippen LogP contribution in [0.3, 0.4) is 0 Å². The predicted octanol–water partition coefficient (Wildman–Crippen LogP) is 6.65. The van der Waals surface area contributed by atoms with Crippen molar-refractivity contribution in [2.75, 3.05) is 21.3 Å². The molecule has 0 radical (unpaired) electrons. The number of carbonyl (C=O) groups excluding carboxylic acids is 2. The van der Waals surface area contributed by atoms with E-state index in [-0.39, 0.29) is 42.1 Å². The van der Waals surface area contributed by atoms with Crippen LogP contribution in [0.15, 0.2) is 30.3 Å². The molecule has 6 nitrogen and oxygen atoms in total. The minimum atomic E-state index is -5.33. The molecule has 1 aliphatic rings. The van der Waals surface area contributed by atoms with Crippen molar-refractivity contribution in [3.63, 3.8) is 0 Å². The van der Waals surface area contributed by atoms with Crippen LogP contribution in [-0.4, -0.2) is 38.1 Å². The Morgan fingerprint density at radius 2 is 1.41 bits per heavy atom. The van der Waals surface area contributed by atoms with Crippen LogP contribution in [0.4, 0.5) is 26.3 Å². The van der Waals surface area contributed by atoms with E-state index in [9.17, 15) is 40.5 Å². The topological polar surface area (TPSA) is 78.9 Å². The van der Waals surface area contributed by atoms with E-state index in [1.54, 1.807) is 0 Å². The summed E-state index contributed by atoms with van der Waals surface area (Å²) in [6, 6.07) is 3.88. The maximum Gasteiger partial charge on any atom is 0.417 e. The van der Waals surface area contributed by atoms with Crippen molar-refractivity contribution in [3.8, 4) is 17.2 Å². The van der Waals surface area contributed by atoms with E-state index in [2.05, 4.69) is 0 Å². The molecule has 200 valence electrons. The number of ether oxygens (including phenoxy) is 3. The molecule has 0 saturated heterocycles. The molecule has 2 atom stereocenters. The van der Waals surface area contributed by atoms with Crippen molar-refractivity contribution in [3.05, 3.63) is 52.6 Å². The number of hydrogen-bond acceptors (Lipinski definition) is 6. The second-order valence-electron chi connectivity index (χ2n) is 8.28. The molecule has 2 aromatic carbocycles. The van der Waals surface area contributed by atoms with Gasteiger partial charge in [-0.15, -0.1) is 0 Å². The zero-order valence-electron chi connectivity index (χ0n) is 19.7. The number of hydrogen-bond donors (Lipinski definition) is 0. The van der Waals surface area contributed by atoms with Crippen molar-refractivity contribution in [2.45, 2.75) is 36.8 Å². The summed E-state index contributed by atoms with van der Waals surface area (Å²) in [4.78, 5) is 27.4. The number of Topliss-reactive ketones (excluding diaryl/α,β-unsaturated/α-hetero) is 2. The van der Waals surface area contributed by atoms with E-state index in [1.807, 2.05) is 0 Å². The zero-order valence-corrected chi connectivity index (χ0v) is 20.6. The lowest BCUT2D eigenvalue weighted by atomic mass is 9.79. The van der Waals surface area contributed by atoms with Crippen LogP contribution in [0.5, 0.6) is 17.2 Å². The Morgan fingerprint density at radius 1 is 0.892 bits per heavy atom. The van der Waals surface area contributed by atoms with Crippen LogP contribution >= 0.6 is 8.46 Å². The Balaban J connectivity index is 2.25. The van der Waals surface area contributed by atoms with Gasteiger partial charge in [-0.2, -0.15) is 26.3 Å². The number of benzene rings is 2. The van der Waals surface area contributed by atoms with Gasteiger partial charge in [-0.05, 0) is 25.0 Å². The van der Waals surface area contributed by atoms with Gasteiger partial charge in [-0.3, -0.25) is 14.2 Å². The average molecular weight is 550 g/mol. The highest BCUT2D eigenvalue weighted by atomic mass is 31.1. The van der Waals surface area contributed by atoms with Gasteiger partial charge in [0.05, 0.1) is 32.5 Å². The van der Waals surface area contributed by atoms with Gasteiger partial charge in [-0.1, -0.05) is 12.5 Å². The largest absolute Gasteiger partial charge is 0.496 e. The fourth-order valence-corrected chi connectivity index (χ4v) is 5.49. The van der Waals surface area contributed by atoms with E-state index in [0.717, 1.165) is 0 Å². The normalized spacial score (nSPS) is 20.1. The molecule has 0 N–H and O–H groups in total. The summed E-state index contributed by atoms with van der Waals surface area (Å²) in [5.41, 5.74) is -5.53. The van der Waals surface area contributed by atoms with Crippen LogP contribution in [0.2, 0.25) is 0 Å². The first-order chi connectivity index (χ1) is 17.3. The molecule has 0 spiro atoms. The molecule has 0 aliphatic heterocycles. The van der Waals surface area contributed by atoms with E-state index < -0.39 is 60.1 Å². The number of carbonyl (C=O) groups is 2. The summed E-state index contributed by atoms with van der Waals surface area (Å²) in [5.74, 6) is -3.98. The van der Waals surface area contributed by atoms with Crippen LogP contribution in [0.25, 0.3) is 0 Å². The van der Waals surface area contributed by atoms with E-state index in [0.29, 0.717) is 18.2 Å². The molecular formula is C24H21F6O6P. The summed E-state index contributed by atoms with van der Waals surface area (Å²) >= 11 is 0. The highest BCUT2D eigenvalue weighted by Crippen LogP contribution is 2.52. The molecule has 1 saturated carbocycles. The first-order valence-electron chi connectivity index (χ1n) is 10.8. The molecule has 1 aliphatic carbocycles. The van der Waals surface area contributed by atoms with Crippen molar-refractivity contribution < 1.29 is 54.7 Å². The Labute approximate surface area is 209 Å². The van der Waals surface area contributed by atoms with Crippen molar-refractivity contribution in [2.24, 2.45) is 5.92 Å². The summed E-state index contributed by atoms with van der Waals surface area (Å²) in [5, 5.41) is -2.38. The van der Waals surface area contributed by atoms with Gasteiger partial charge in [0, 0.05) is 23.6 Å². The smallest absolute Gasteiger partial charge is 0.417 e. The monoisotopic (exact) mass is 550 g/mol. The second kappa shape index (κ2) is 10.3. The van der Waals surface area contributed by atoms with Gasteiger partial charge >= 0.3 is 12.4 Å². The fraction of sp³-hybridized carbons (Fsp3) is 0.417. The molecule has 2 unspecified atom stereocenters. The van der Waals surface area contributed by atoms with Gasteiger partial charge in [-0.25, -0.2) is 0 Å². The Morgan fingerprint density at radius 3 is 1.81 bits per heavy atom. The third-order valence-electron chi connectivity index (χ3n) is 6.36. The summed E-state index contributed by atoms with van der Waals surface area (Å²) in [6.45, 7) is 0. The second-order valence-corrected chi connectivity index (χ2v) is 9.26. The van der Waals surface area contributed by atoms with E-state index in [4.69, 9.17) is 14.2 Å². The van der Waals surface area contributed by atoms with E-state index in [1.165, 1.54) is 33.5 Å². The minimum absolute atomic E-state index is 0.0493. The molecule has 0 aromatic heterocycles. The molecule has 3 rings (SSSR count). The van der Waals surface area contributed by atoms with Gasteiger partial charge in [0.1, 0.15) is 28.0 Å². The van der Waals surface area contributed by atoms with E-state index >= 15 is 0 Å². The predicted molar refractivity (Wildman–Crippen MR) is 119 cm³/mol. The summed E-state index contributed by atoms with van der Waals surface area (Å²) in [6.07, 6.45) is -11.1. The molecular weight excluding hydrogens is 529 g/mol. The van der Waals surface area contributed by atoms with Crippen LogP contribution in [0.1, 0.15) is 51.1 Å². The maximum atomic E-state index is 13.8. The van der Waals surface area contributed by atoms with Gasteiger partial charge < -0.3 is 14.2 Å². The first kappa shape index (κ1) is 28.4. The number of halogens is 6. The average Bonchev–Trinajstić information content (AvgIpc) is 3.30. The van der Waals surface area contributed by atoms with Gasteiger partial charge in [0.25, 0.3) is 0 Å². The third-order valence-corrected chi connectivity index (χ3v) is 7.43. The first-order valence-corrected chi connectivity index (χ1v) is 11.6. The lowest BCUT2D eigenvalue weighted by molar-refractivity contribution is -0.143. The Bertz CT molecular complexity index is 1170. The third kappa shape index (κ3) is 5.03. The summed E-state index contributed by atoms with van der Waals surface area (Å²) in [7, 11) is 2.69. The molecule has 0 amide bonds. The number of alkyl halides is 6. The number of ketones is 2. The number of methoxy groups -OCH3 is 3. The van der Waals surface area contributed by atoms with Crippen LogP contribution in [-0.2, 0) is 16.9 Å². The van der Waals surface area contributed by atoms with Crippen molar-refractivity contribution >= 4 is 20.0 Å². The van der Waals surface area contributed by atoms with Gasteiger partial charge in [0.15, 0.2) is 20.0 Å². The van der Waals surface area contributed by atoms with Crippen LogP contribution in [0, 0.1) is 5.92 Å². The molecule has 37 heavy (non-hydrogen) atoms. The lowest BCUT2D eigenvalue weighted by Crippen LogP contribution is -2.42. The fourth-order valence-electron chi connectivity index (χ4n) is 4.67. The highest BCUT2D eigenvalue weighted by molar-refractivity contribution is 7.28. The molecule has 0 bridgehead atoms. The Kier molecular flexibility index (Phi) is 7.93. The molecule has 13 heteroatoms. The minimum Gasteiger partial charge on any atom is -0.496 e. The molecule has 0 heterocycles. The lowest BCUT2D eigenvalue weighted by Gasteiger charge is -2.30. The quantitative estimate of drug-likeness (QED) is 0.208. The van der Waals surface area contributed by atoms with Crippen molar-refractivity contribution in [1.29, 1.82) is 0 Å². The summed E-state index contributed by atoms with van der Waals surface area (Å²) < 4.78 is 111. The molecule has 1 fully saturated rings. The van der Waals surface area contributed by atoms with Crippen molar-refractivity contribution in [1.82, 2.24) is 0 Å². The Hall–Kier alpha value is -3.14. The van der Waals surface area contributed by atoms with Gasteiger partial charge in [0.2, 0.25) is 0 Å². The maximum absolute atomic E-state index is 13.8.